The zero-order valence-electron chi connectivity index (χ0n) is 13.6. The minimum absolute atomic E-state index is 0.0477. The number of aromatic nitrogens is 2. The van der Waals surface area contributed by atoms with E-state index in [4.69, 9.17) is 0 Å². The van der Waals surface area contributed by atoms with Gasteiger partial charge < -0.3 is 4.74 Å². The van der Waals surface area contributed by atoms with Crippen LogP contribution in [0.1, 0.15) is 40.9 Å². The fraction of sp³-hybridized carbons (Fsp3) is 0.429. The average Bonchev–Trinajstić information content (AvgIpc) is 3.07. The molecule has 0 unspecified atom stereocenters. The molecule has 0 aliphatic rings. The lowest BCUT2D eigenvalue weighted by molar-refractivity contribution is 0.0602. The minimum atomic E-state index is -3.91. The van der Waals surface area contributed by atoms with E-state index in [0.717, 1.165) is 17.0 Å². The van der Waals surface area contributed by atoms with E-state index in [2.05, 4.69) is 14.6 Å². The summed E-state index contributed by atoms with van der Waals surface area (Å²) in [6.45, 7) is 7.46. The maximum Gasteiger partial charge on any atom is 0.349 e. The number of methoxy groups -OCH3 is 1. The Morgan fingerprint density at radius 2 is 2.04 bits per heavy atom. The summed E-state index contributed by atoms with van der Waals surface area (Å²) in [6, 6.07) is 1.50. The molecule has 126 valence electrons. The summed E-state index contributed by atoms with van der Waals surface area (Å²) in [7, 11) is -2.69. The van der Waals surface area contributed by atoms with Crippen molar-refractivity contribution in [1.29, 1.82) is 0 Å². The molecule has 0 aromatic carbocycles. The van der Waals surface area contributed by atoms with Crippen LogP contribution in [0.2, 0.25) is 0 Å². The van der Waals surface area contributed by atoms with Crippen molar-refractivity contribution in [2.75, 3.05) is 11.8 Å². The molecule has 0 atom stereocenters. The lowest BCUT2D eigenvalue weighted by atomic mass is 10.3. The van der Waals surface area contributed by atoms with Crippen LogP contribution in [0.3, 0.4) is 0 Å². The molecule has 2 rings (SSSR count). The summed E-state index contributed by atoms with van der Waals surface area (Å²) in [5.74, 6) is -0.674. The topological polar surface area (TPSA) is 90.3 Å². The fourth-order valence-electron chi connectivity index (χ4n) is 2.25. The number of hydrogen-bond donors (Lipinski definition) is 1. The largest absolute Gasteiger partial charge is 0.465 e. The third-order valence-corrected chi connectivity index (χ3v) is 5.76. The molecule has 0 fully saturated rings. The molecule has 23 heavy (non-hydrogen) atoms. The van der Waals surface area contributed by atoms with Crippen molar-refractivity contribution in [3.63, 3.8) is 0 Å². The first-order valence-electron chi connectivity index (χ1n) is 6.93. The first-order valence-corrected chi connectivity index (χ1v) is 9.29. The number of carbonyl (C=O) groups excluding carboxylic acids is 1. The van der Waals surface area contributed by atoms with E-state index in [0.29, 0.717) is 11.4 Å². The van der Waals surface area contributed by atoms with Gasteiger partial charge in [-0.05, 0) is 39.1 Å². The predicted octanol–water partition coefficient (Wildman–Crippen LogP) is 2.73. The van der Waals surface area contributed by atoms with Gasteiger partial charge in [-0.3, -0.25) is 9.40 Å². The number of rotatable bonds is 5. The molecule has 1 N–H and O–H groups in total. The highest BCUT2D eigenvalue weighted by molar-refractivity contribution is 7.93. The van der Waals surface area contributed by atoms with Gasteiger partial charge in [0.25, 0.3) is 10.0 Å². The molecule has 0 spiro atoms. The molecule has 0 radical (unpaired) electrons. The van der Waals surface area contributed by atoms with Gasteiger partial charge in [0, 0.05) is 6.04 Å². The zero-order chi connectivity index (χ0) is 17.4. The Morgan fingerprint density at radius 3 is 2.57 bits per heavy atom. The molecule has 2 heterocycles. The fourth-order valence-corrected chi connectivity index (χ4v) is 4.77. The van der Waals surface area contributed by atoms with Gasteiger partial charge in [-0.1, -0.05) is 0 Å². The Hall–Kier alpha value is -1.87. The predicted molar refractivity (Wildman–Crippen MR) is 88.6 cm³/mol. The highest BCUT2D eigenvalue weighted by Crippen LogP contribution is 2.28. The number of anilines is 1. The molecule has 0 aliphatic carbocycles. The maximum atomic E-state index is 12.6. The van der Waals surface area contributed by atoms with Crippen LogP contribution in [-0.4, -0.2) is 31.3 Å². The van der Waals surface area contributed by atoms with Crippen LogP contribution < -0.4 is 4.72 Å². The van der Waals surface area contributed by atoms with E-state index in [1.54, 1.807) is 18.5 Å². The summed E-state index contributed by atoms with van der Waals surface area (Å²) >= 11 is 1.02. The molecule has 2 aromatic rings. The van der Waals surface area contributed by atoms with Crippen molar-refractivity contribution in [3.05, 3.63) is 27.7 Å². The van der Waals surface area contributed by atoms with Crippen molar-refractivity contribution in [2.24, 2.45) is 0 Å². The second kappa shape index (κ2) is 6.32. The molecular weight excluding hydrogens is 338 g/mol. The van der Waals surface area contributed by atoms with Crippen LogP contribution in [-0.2, 0) is 14.8 Å². The SMILES string of the molecule is COC(=O)c1sccc1S(=O)(=O)Nc1c(C)nn(C(C)C)c1C. The van der Waals surface area contributed by atoms with Gasteiger partial charge in [0.05, 0.1) is 24.2 Å². The van der Waals surface area contributed by atoms with Crippen molar-refractivity contribution < 1.29 is 17.9 Å². The van der Waals surface area contributed by atoms with Crippen LogP contribution in [0.5, 0.6) is 0 Å². The molecule has 0 aliphatic heterocycles. The second-order valence-electron chi connectivity index (χ2n) is 5.30. The van der Waals surface area contributed by atoms with Gasteiger partial charge in [-0.25, -0.2) is 13.2 Å². The van der Waals surface area contributed by atoms with Gasteiger partial charge in [0.15, 0.2) is 0 Å². The Kier molecular flexibility index (Phi) is 4.81. The molecule has 0 amide bonds. The third kappa shape index (κ3) is 3.25. The lowest BCUT2D eigenvalue weighted by Crippen LogP contribution is -2.16. The van der Waals surface area contributed by atoms with E-state index in [-0.39, 0.29) is 15.8 Å². The van der Waals surface area contributed by atoms with Crippen molar-refractivity contribution in [2.45, 2.75) is 38.6 Å². The van der Waals surface area contributed by atoms with Crippen molar-refractivity contribution in [3.8, 4) is 0 Å². The summed E-state index contributed by atoms with van der Waals surface area (Å²) in [5.41, 5.74) is 1.73. The van der Waals surface area contributed by atoms with E-state index in [1.807, 2.05) is 13.8 Å². The summed E-state index contributed by atoms with van der Waals surface area (Å²) < 4.78 is 34.2. The van der Waals surface area contributed by atoms with E-state index < -0.39 is 16.0 Å². The van der Waals surface area contributed by atoms with Crippen LogP contribution >= 0.6 is 11.3 Å². The number of ether oxygens (including phenoxy) is 1. The molecule has 0 saturated carbocycles. The molecule has 2 aromatic heterocycles. The summed E-state index contributed by atoms with van der Waals surface area (Å²) in [4.78, 5) is 11.7. The van der Waals surface area contributed by atoms with Gasteiger partial charge in [0.1, 0.15) is 9.77 Å². The first kappa shape index (κ1) is 17.5. The van der Waals surface area contributed by atoms with Crippen LogP contribution in [0.4, 0.5) is 5.69 Å². The van der Waals surface area contributed by atoms with E-state index in [9.17, 15) is 13.2 Å². The van der Waals surface area contributed by atoms with Gasteiger partial charge in [-0.2, -0.15) is 5.10 Å². The van der Waals surface area contributed by atoms with E-state index >= 15 is 0 Å². The molecule has 0 bridgehead atoms. The molecular formula is C14H19N3O4S2. The number of carbonyl (C=O) groups is 1. The van der Waals surface area contributed by atoms with Crippen molar-refractivity contribution in [1.82, 2.24) is 9.78 Å². The quantitative estimate of drug-likeness (QED) is 0.831. The Bertz CT molecular complexity index is 834. The standard InChI is InChI=1S/C14H19N3O4S2/c1-8(2)17-10(4)12(9(3)15-17)16-23(19,20)11-6-7-22-13(11)14(18)21-5/h6-8,16H,1-5H3. The second-order valence-corrected chi connectivity index (χ2v) is 7.86. The molecule has 7 nitrogen and oxygen atoms in total. The lowest BCUT2D eigenvalue weighted by Gasteiger charge is -2.10. The van der Waals surface area contributed by atoms with Crippen LogP contribution in [0.25, 0.3) is 0 Å². The molecule has 0 saturated heterocycles. The summed E-state index contributed by atoms with van der Waals surface area (Å²) in [5, 5.41) is 5.89. The number of thiophene rings is 1. The van der Waals surface area contributed by atoms with Gasteiger partial charge in [-0.15, -0.1) is 11.3 Å². The number of nitrogens with one attached hydrogen (secondary N) is 1. The van der Waals surface area contributed by atoms with Crippen LogP contribution in [0, 0.1) is 13.8 Å². The maximum absolute atomic E-state index is 12.6. The van der Waals surface area contributed by atoms with Gasteiger partial charge >= 0.3 is 5.97 Å². The Labute approximate surface area is 139 Å². The number of esters is 1. The number of aryl methyl sites for hydroxylation is 1. The smallest absolute Gasteiger partial charge is 0.349 e. The molecule has 9 heteroatoms. The minimum Gasteiger partial charge on any atom is -0.465 e. The van der Waals surface area contributed by atoms with Gasteiger partial charge in [0.2, 0.25) is 0 Å². The highest BCUT2D eigenvalue weighted by atomic mass is 32.2. The first-order chi connectivity index (χ1) is 10.7. The number of hydrogen-bond acceptors (Lipinski definition) is 6. The summed E-state index contributed by atoms with van der Waals surface area (Å²) in [6.07, 6.45) is 0. The normalized spacial score (nSPS) is 11.7. The Balaban J connectivity index is 2.44. The Morgan fingerprint density at radius 1 is 1.39 bits per heavy atom. The van der Waals surface area contributed by atoms with Crippen molar-refractivity contribution >= 4 is 33.0 Å². The van der Waals surface area contributed by atoms with Crippen LogP contribution in [0.15, 0.2) is 16.3 Å². The van der Waals surface area contributed by atoms with E-state index in [1.165, 1.54) is 18.6 Å². The highest BCUT2D eigenvalue weighted by Gasteiger charge is 2.27. The number of nitrogens with zero attached hydrogens (tertiary/aromatic N) is 2. The zero-order valence-corrected chi connectivity index (χ0v) is 15.2. The third-order valence-electron chi connectivity index (χ3n) is 3.34. The number of sulfonamides is 1. The monoisotopic (exact) mass is 357 g/mol. The average molecular weight is 357 g/mol.